The van der Waals surface area contributed by atoms with Crippen LogP contribution in [0.2, 0.25) is 0 Å². The number of hydrogen-bond donors (Lipinski definition) is 0. The van der Waals surface area contributed by atoms with Crippen molar-refractivity contribution < 1.29 is 136 Å². The predicted octanol–water partition coefficient (Wildman–Crippen LogP) is -22.1. The van der Waals surface area contributed by atoms with E-state index in [-0.39, 0.29) is 66.6 Å². The molecular formula is H18AlCl3O21. The van der Waals surface area contributed by atoms with Gasteiger partial charge in [0.1, 0.15) is 0 Å². The predicted molar refractivity (Wildman–Crippen MR) is 38.3 cm³/mol. The Morgan fingerprint density at radius 1 is 0.240 bits per heavy atom. The van der Waals surface area contributed by atoms with Crippen molar-refractivity contribution in [3.05, 3.63) is 0 Å². The summed E-state index contributed by atoms with van der Waals surface area (Å²) in [5.74, 6) is 0. The van der Waals surface area contributed by atoms with Crippen LogP contribution in [0, 0.1) is 30.7 Å². The van der Waals surface area contributed by atoms with Crippen molar-refractivity contribution in [2.45, 2.75) is 0 Å². The van der Waals surface area contributed by atoms with Crippen molar-refractivity contribution in [1.29, 1.82) is 0 Å². The van der Waals surface area contributed by atoms with Crippen LogP contribution in [0.25, 0.3) is 0 Å². The van der Waals surface area contributed by atoms with Gasteiger partial charge in [0.2, 0.25) is 0 Å². The Kier molecular flexibility index (Phi) is 155. The minimum Gasteiger partial charge on any atom is -0.412 e. The average Bonchev–Trinajstić information content (AvgIpc) is 1.41. The van der Waals surface area contributed by atoms with E-state index in [2.05, 4.69) is 0 Å². The zero-order chi connectivity index (χ0) is 13.5. The molecule has 0 atom stereocenters. The molecule has 0 rings (SSSR count). The zero-order valence-corrected chi connectivity index (χ0v) is 14.5. The average molecular weight is 487 g/mol. The topological polar surface area (TPSA) is 560 Å². The molecule has 0 bridgehead atoms. The number of hydrogen-bond acceptors (Lipinski definition) is 12. The molecule has 18 N–H and O–H groups in total. The molecule has 0 heterocycles. The first-order chi connectivity index (χ1) is 6.00. The molecule has 0 fully saturated rings. The van der Waals surface area contributed by atoms with Crippen LogP contribution in [-0.4, -0.2) is 66.6 Å². The van der Waals surface area contributed by atoms with Crippen molar-refractivity contribution in [3.8, 4) is 0 Å². The molecule has 0 spiro atoms. The molecule has 0 amide bonds. The van der Waals surface area contributed by atoms with Gasteiger partial charge in [-0.15, -0.1) is 30.7 Å². The summed E-state index contributed by atoms with van der Waals surface area (Å²) in [6.45, 7) is 0. The fraction of sp³-hybridized carbons (Fsp3) is 0. The van der Waals surface area contributed by atoms with Gasteiger partial charge in [-0.2, -0.15) is 0 Å². The van der Waals surface area contributed by atoms with Gasteiger partial charge in [-0.25, -0.2) is 55.9 Å². The molecule has 0 aliphatic heterocycles. The first-order valence-electron chi connectivity index (χ1n) is 1.85. The van der Waals surface area contributed by atoms with Gasteiger partial charge >= 0.3 is 17.4 Å². The molecule has 0 radical (unpaired) electrons. The summed E-state index contributed by atoms with van der Waals surface area (Å²) in [6, 6.07) is 0. The van der Waals surface area contributed by atoms with E-state index in [1.54, 1.807) is 0 Å². The number of rotatable bonds is 0. The molecule has 0 aliphatic rings. The molecule has 0 aliphatic carbocycles. The smallest absolute Gasteiger partial charge is 0.412 e. The number of halogens is 3. The fourth-order valence-corrected chi connectivity index (χ4v) is 0. The van der Waals surface area contributed by atoms with Crippen LogP contribution in [0.3, 0.4) is 0 Å². The Bertz CT molecular complexity index is 94.2. The van der Waals surface area contributed by atoms with E-state index in [0.29, 0.717) is 0 Å². The molecule has 0 saturated carbocycles. The van der Waals surface area contributed by atoms with Crippen LogP contribution in [0.1, 0.15) is 0 Å². The molecule has 0 aromatic carbocycles. The van der Waals surface area contributed by atoms with Crippen molar-refractivity contribution in [1.82, 2.24) is 0 Å². The van der Waals surface area contributed by atoms with Gasteiger partial charge in [0, 0.05) is 0 Å². The Balaban J connectivity index is -0.00000000655. The van der Waals surface area contributed by atoms with E-state index in [0.717, 1.165) is 0 Å². The van der Waals surface area contributed by atoms with Crippen LogP contribution in [-0.2, 0) is 0 Å². The Morgan fingerprint density at radius 3 is 0.240 bits per heavy atom. The van der Waals surface area contributed by atoms with E-state index in [9.17, 15) is 0 Å². The molecule has 0 aromatic heterocycles. The summed E-state index contributed by atoms with van der Waals surface area (Å²) in [6.07, 6.45) is 0. The Labute approximate surface area is 153 Å². The summed E-state index contributed by atoms with van der Waals surface area (Å²) in [7, 11) is -14.8. The summed E-state index contributed by atoms with van der Waals surface area (Å²) in [4.78, 5) is 0. The maximum Gasteiger partial charge on any atom is 3.00 e. The Morgan fingerprint density at radius 2 is 0.240 bits per heavy atom. The third-order valence-electron chi connectivity index (χ3n) is 0. The second kappa shape index (κ2) is 39.6. The van der Waals surface area contributed by atoms with Crippen LogP contribution in [0.4, 0.5) is 0 Å². The first kappa shape index (κ1) is 97.7. The minimum atomic E-state index is -4.94. The molecule has 21 nitrogen and oxygen atoms in total. The summed E-state index contributed by atoms with van der Waals surface area (Å²) < 4.78 is 102. The maximum absolute atomic E-state index is 8.49. The second-order valence-corrected chi connectivity index (χ2v) is 3.40. The van der Waals surface area contributed by atoms with E-state index < -0.39 is 30.7 Å². The summed E-state index contributed by atoms with van der Waals surface area (Å²) in [5.41, 5.74) is 0. The molecule has 0 saturated heterocycles. The molecule has 25 heavy (non-hydrogen) atoms. The fourth-order valence-electron chi connectivity index (χ4n) is 0. The van der Waals surface area contributed by atoms with Gasteiger partial charge in [-0.05, 0) is 0 Å². The van der Waals surface area contributed by atoms with E-state index in [1.165, 1.54) is 0 Å². The third kappa shape index (κ3) is 39500. The van der Waals surface area contributed by atoms with Gasteiger partial charge in [-0.1, -0.05) is 0 Å². The van der Waals surface area contributed by atoms with Crippen LogP contribution >= 0.6 is 0 Å². The standard InChI is InChI=1S/Al.3ClHO4.9H2O/c;3*2-1(3,4)5;;;;;;;;;/h;3*(H,2,3,4,5);9*1H2/q+3;;;;;;;;;;;;/p-3. The summed E-state index contributed by atoms with van der Waals surface area (Å²) >= 11 is 0. The SMILES string of the molecule is O.O.O.O.O.O.O.O.O.[Al+3].[O-][Cl+3]([O-])([O-])[O-].[O-][Cl+3]([O-])([O-])[O-].[O-][Cl+3]([O-])([O-])[O-]. The quantitative estimate of drug-likeness (QED) is 0.287. The van der Waals surface area contributed by atoms with Crippen molar-refractivity contribution >= 4 is 17.4 Å². The van der Waals surface area contributed by atoms with Gasteiger partial charge in [0.25, 0.3) is 0 Å². The first-order valence-corrected chi connectivity index (χ1v) is 5.55. The van der Waals surface area contributed by atoms with Gasteiger partial charge in [-0.3, -0.25) is 0 Å². The zero-order valence-electron chi connectivity index (χ0n) is 11.1. The summed E-state index contributed by atoms with van der Waals surface area (Å²) in [5, 5.41) is 0. The molecular weight excluding hydrogens is 469 g/mol. The largest absolute Gasteiger partial charge is 3.00 e. The molecule has 168 valence electrons. The third-order valence-corrected chi connectivity index (χ3v) is 0. The van der Waals surface area contributed by atoms with Crippen molar-refractivity contribution in [2.24, 2.45) is 0 Å². The monoisotopic (exact) mass is 486 g/mol. The normalized spacial score (nSPS) is 7.20. The molecule has 25 heteroatoms. The maximum atomic E-state index is 8.49. The van der Waals surface area contributed by atoms with E-state index in [4.69, 9.17) is 55.9 Å². The van der Waals surface area contributed by atoms with Crippen LogP contribution in [0.5, 0.6) is 0 Å². The molecule has 0 aromatic rings. The van der Waals surface area contributed by atoms with Crippen molar-refractivity contribution in [2.75, 3.05) is 0 Å². The second-order valence-electron chi connectivity index (χ2n) is 1.13. The van der Waals surface area contributed by atoms with Gasteiger partial charge in [0.15, 0.2) is 0 Å². The minimum absolute atomic E-state index is 0. The van der Waals surface area contributed by atoms with Gasteiger partial charge < -0.3 is 49.3 Å². The van der Waals surface area contributed by atoms with Crippen LogP contribution < -0.4 is 55.9 Å². The van der Waals surface area contributed by atoms with Crippen LogP contribution in [0.15, 0.2) is 0 Å². The van der Waals surface area contributed by atoms with E-state index >= 15 is 0 Å². The van der Waals surface area contributed by atoms with Crippen molar-refractivity contribution in [3.63, 3.8) is 0 Å². The van der Waals surface area contributed by atoms with Gasteiger partial charge in [0.05, 0.1) is 0 Å². The molecule has 0 unspecified atom stereocenters. The Hall–Kier alpha value is 0.562. The van der Waals surface area contributed by atoms with E-state index in [1.807, 2.05) is 0 Å².